The summed E-state index contributed by atoms with van der Waals surface area (Å²) in [5.74, 6) is 1.70. The SMILES string of the molecule is CN1CCC(Cc2nc3c(O)cccn3n2)CC1. The molecule has 0 radical (unpaired) electrons. The van der Waals surface area contributed by atoms with Gasteiger partial charge in [-0.1, -0.05) is 0 Å². The van der Waals surface area contributed by atoms with Crippen molar-refractivity contribution in [2.45, 2.75) is 19.3 Å². The molecule has 1 aliphatic rings. The number of fused-ring (bicyclic) bond motifs is 1. The molecule has 0 aliphatic carbocycles. The zero-order valence-corrected chi connectivity index (χ0v) is 10.6. The van der Waals surface area contributed by atoms with Gasteiger partial charge >= 0.3 is 0 Å². The highest BCUT2D eigenvalue weighted by molar-refractivity contribution is 5.51. The molecule has 96 valence electrons. The number of likely N-dealkylation sites (tertiary alicyclic amines) is 1. The van der Waals surface area contributed by atoms with E-state index in [1.165, 1.54) is 12.8 Å². The Bertz CT molecular complexity index is 543. The second-order valence-electron chi connectivity index (χ2n) is 5.14. The smallest absolute Gasteiger partial charge is 0.197 e. The van der Waals surface area contributed by atoms with Crippen molar-refractivity contribution in [3.63, 3.8) is 0 Å². The van der Waals surface area contributed by atoms with Gasteiger partial charge in [0.25, 0.3) is 0 Å². The third-order valence-electron chi connectivity index (χ3n) is 3.69. The summed E-state index contributed by atoms with van der Waals surface area (Å²) in [6.07, 6.45) is 5.14. The van der Waals surface area contributed by atoms with E-state index in [9.17, 15) is 5.11 Å². The van der Waals surface area contributed by atoms with Gasteiger partial charge in [-0.05, 0) is 51.0 Å². The largest absolute Gasteiger partial charge is 0.504 e. The average molecular weight is 246 g/mol. The molecule has 0 unspecified atom stereocenters. The quantitative estimate of drug-likeness (QED) is 0.868. The van der Waals surface area contributed by atoms with Gasteiger partial charge in [-0.15, -0.1) is 0 Å². The first-order valence-electron chi connectivity index (χ1n) is 6.44. The number of piperidine rings is 1. The van der Waals surface area contributed by atoms with Crippen LogP contribution in [0, 0.1) is 5.92 Å². The van der Waals surface area contributed by atoms with Crippen LogP contribution in [0.3, 0.4) is 0 Å². The molecule has 0 amide bonds. The molecule has 0 aromatic carbocycles. The van der Waals surface area contributed by atoms with Gasteiger partial charge < -0.3 is 10.0 Å². The summed E-state index contributed by atoms with van der Waals surface area (Å²) in [7, 11) is 2.16. The van der Waals surface area contributed by atoms with Crippen molar-refractivity contribution < 1.29 is 5.11 Å². The van der Waals surface area contributed by atoms with E-state index < -0.39 is 0 Å². The summed E-state index contributed by atoms with van der Waals surface area (Å²) < 4.78 is 1.65. The van der Waals surface area contributed by atoms with E-state index in [1.807, 2.05) is 6.20 Å². The highest BCUT2D eigenvalue weighted by Crippen LogP contribution is 2.21. The Hall–Kier alpha value is -1.62. The molecule has 3 heterocycles. The Balaban J connectivity index is 1.77. The Morgan fingerprint density at radius 1 is 1.39 bits per heavy atom. The van der Waals surface area contributed by atoms with Gasteiger partial charge in [-0.3, -0.25) is 0 Å². The number of hydrogen-bond donors (Lipinski definition) is 1. The first-order chi connectivity index (χ1) is 8.72. The third kappa shape index (κ3) is 2.18. The monoisotopic (exact) mass is 246 g/mol. The van der Waals surface area contributed by atoms with Crippen LogP contribution in [0.1, 0.15) is 18.7 Å². The summed E-state index contributed by atoms with van der Waals surface area (Å²) >= 11 is 0. The molecule has 3 rings (SSSR count). The van der Waals surface area contributed by atoms with Crippen LogP contribution < -0.4 is 0 Å². The van der Waals surface area contributed by atoms with Crippen molar-refractivity contribution in [2.75, 3.05) is 20.1 Å². The van der Waals surface area contributed by atoms with E-state index in [-0.39, 0.29) is 5.75 Å². The van der Waals surface area contributed by atoms with Crippen LogP contribution >= 0.6 is 0 Å². The topological polar surface area (TPSA) is 53.7 Å². The molecule has 0 atom stereocenters. The van der Waals surface area contributed by atoms with Crippen LogP contribution in [0.15, 0.2) is 18.3 Å². The zero-order chi connectivity index (χ0) is 12.5. The fourth-order valence-electron chi connectivity index (χ4n) is 2.55. The van der Waals surface area contributed by atoms with E-state index in [0.29, 0.717) is 11.6 Å². The summed E-state index contributed by atoms with van der Waals surface area (Å²) in [4.78, 5) is 6.77. The Labute approximate surface area is 106 Å². The van der Waals surface area contributed by atoms with Crippen LogP contribution in [-0.4, -0.2) is 44.7 Å². The van der Waals surface area contributed by atoms with Crippen molar-refractivity contribution in [3.05, 3.63) is 24.2 Å². The van der Waals surface area contributed by atoms with Crippen LogP contribution in [0.4, 0.5) is 0 Å². The molecule has 18 heavy (non-hydrogen) atoms. The van der Waals surface area contributed by atoms with Crippen molar-refractivity contribution in [3.8, 4) is 5.75 Å². The fraction of sp³-hybridized carbons (Fsp3) is 0.538. The lowest BCUT2D eigenvalue weighted by atomic mass is 9.94. The van der Waals surface area contributed by atoms with E-state index in [2.05, 4.69) is 22.0 Å². The molecule has 5 nitrogen and oxygen atoms in total. The molecule has 0 spiro atoms. The van der Waals surface area contributed by atoms with Crippen LogP contribution in [0.2, 0.25) is 0 Å². The zero-order valence-electron chi connectivity index (χ0n) is 10.6. The van der Waals surface area contributed by atoms with E-state index in [1.54, 1.807) is 16.6 Å². The minimum absolute atomic E-state index is 0.194. The van der Waals surface area contributed by atoms with Gasteiger partial charge in [0.1, 0.15) is 0 Å². The third-order valence-corrected chi connectivity index (χ3v) is 3.69. The molecular weight excluding hydrogens is 228 g/mol. The molecule has 1 saturated heterocycles. The van der Waals surface area contributed by atoms with Crippen LogP contribution in [0.25, 0.3) is 5.65 Å². The van der Waals surface area contributed by atoms with Crippen LogP contribution in [-0.2, 0) is 6.42 Å². The summed E-state index contributed by atoms with van der Waals surface area (Å²) in [5.41, 5.74) is 0.556. The highest BCUT2D eigenvalue weighted by Gasteiger charge is 2.19. The maximum absolute atomic E-state index is 9.70. The molecule has 1 N–H and O–H groups in total. The number of nitrogens with zero attached hydrogens (tertiary/aromatic N) is 4. The maximum atomic E-state index is 9.70. The van der Waals surface area contributed by atoms with Crippen molar-refractivity contribution in [1.29, 1.82) is 0 Å². The van der Waals surface area contributed by atoms with Gasteiger partial charge in [0.15, 0.2) is 17.2 Å². The second kappa shape index (κ2) is 4.57. The Morgan fingerprint density at radius 2 is 2.17 bits per heavy atom. The number of aromatic hydroxyl groups is 1. The predicted molar refractivity (Wildman–Crippen MR) is 68.6 cm³/mol. The second-order valence-corrected chi connectivity index (χ2v) is 5.14. The van der Waals surface area contributed by atoms with E-state index >= 15 is 0 Å². The first-order valence-corrected chi connectivity index (χ1v) is 6.44. The first kappa shape index (κ1) is 11.5. The lowest BCUT2D eigenvalue weighted by Crippen LogP contribution is -2.31. The molecule has 5 heteroatoms. The predicted octanol–water partition coefficient (Wildman–Crippen LogP) is 1.32. The van der Waals surface area contributed by atoms with Gasteiger partial charge in [-0.25, -0.2) is 9.50 Å². The number of pyridine rings is 1. The highest BCUT2D eigenvalue weighted by atomic mass is 16.3. The molecule has 0 bridgehead atoms. The molecule has 2 aromatic rings. The fourth-order valence-corrected chi connectivity index (χ4v) is 2.55. The van der Waals surface area contributed by atoms with Crippen molar-refractivity contribution >= 4 is 5.65 Å². The number of hydrogen-bond acceptors (Lipinski definition) is 4. The number of rotatable bonds is 2. The van der Waals surface area contributed by atoms with Crippen LogP contribution in [0.5, 0.6) is 5.75 Å². The summed E-state index contributed by atoms with van der Waals surface area (Å²) in [5, 5.41) is 14.1. The van der Waals surface area contributed by atoms with Gasteiger partial charge in [0.2, 0.25) is 0 Å². The molecular formula is C13H18N4O. The van der Waals surface area contributed by atoms with E-state index in [0.717, 1.165) is 25.3 Å². The minimum Gasteiger partial charge on any atom is -0.504 e. The molecule has 0 saturated carbocycles. The lowest BCUT2D eigenvalue weighted by Gasteiger charge is -2.28. The molecule has 1 aliphatic heterocycles. The van der Waals surface area contributed by atoms with Crippen molar-refractivity contribution in [1.82, 2.24) is 19.5 Å². The average Bonchev–Trinajstić information content (AvgIpc) is 2.76. The summed E-state index contributed by atoms with van der Waals surface area (Å²) in [6, 6.07) is 3.42. The number of aromatic nitrogens is 3. The van der Waals surface area contributed by atoms with E-state index in [4.69, 9.17) is 0 Å². The summed E-state index contributed by atoms with van der Waals surface area (Å²) in [6.45, 7) is 2.31. The molecule has 1 fully saturated rings. The Kier molecular flexibility index (Phi) is 2.91. The molecule has 2 aromatic heterocycles. The lowest BCUT2D eigenvalue weighted by molar-refractivity contribution is 0.217. The van der Waals surface area contributed by atoms with Gasteiger partial charge in [-0.2, -0.15) is 5.10 Å². The standard InChI is InChI=1S/C13H18N4O/c1-16-7-4-10(5-8-16)9-12-14-13-11(18)3-2-6-17(13)15-12/h2-3,6,10,18H,4-5,7-9H2,1H3. The minimum atomic E-state index is 0.194. The van der Waals surface area contributed by atoms with Crippen molar-refractivity contribution in [2.24, 2.45) is 5.92 Å². The normalized spacial score (nSPS) is 18.5. The van der Waals surface area contributed by atoms with Gasteiger partial charge in [0.05, 0.1) is 0 Å². The van der Waals surface area contributed by atoms with Gasteiger partial charge in [0, 0.05) is 12.6 Å². The Morgan fingerprint density at radius 3 is 2.89 bits per heavy atom. The maximum Gasteiger partial charge on any atom is 0.197 e.